The highest BCUT2D eigenvalue weighted by Gasteiger charge is 2.39. The van der Waals surface area contributed by atoms with Crippen LogP contribution >= 0.6 is 0 Å². The van der Waals surface area contributed by atoms with Gasteiger partial charge < -0.3 is 4.48 Å². The van der Waals surface area contributed by atoms with E-state index in [1.165, 1.54) is 153 Å². The first-order chi connectivity index (χ1) is 15.3. The van der Waals surface area contributed by atoms with E-state index in [9.17, 15) is 0 Å². The Morgan fingerprint density at radius 2 is 0.903 bits per heavy atom. The molecule has 3 rings (SSSR count). The van der Waals surface area contributed by atoms with Gasteiger partial charge in [0.2, 0.25) is 0 Å². The highest BCUT2D eigenvalue weighted by molar-refractivity contribution is 4.72. The molecule has 184 valence electrons. The van der Waals surface area contributed by atoms with E-state index < -0.39 is 0 Å². The molecule has 3 aliphatic heterocycles. The zero-order chi connectivity index (χ0) is 22.0. The van der Waals surface area contributed by atoms with Crippen molar-refractivity contribution in [1.29, 1.82) is 0 Å². The summed E-state index contributed by atoms with van der Waals surface area (Å²) >= 11 is 0. The van der Waals surface area contributed by atoms with Gasteiger partial charge in [0.05, 0.1) is 26.2 Å². The third-order valence-corrected chi connectivity index (χ3v) is 8.98. The lowest BCUT2D eigenvalue weighted by Gasteiger charge is -2.49. The summed E-state index contributed by atoms with van der Waals surface area (Å²) in [4.78, 5) is 0. The molecule has 3 fully saturated rings. The molecule has 3 saturated heterocycles. The first-order valence-corrected chi connectivity index (χ1v) is 15.1. The molecule has 3 heterocycles. The minimum absolute atomic E-state index is 1.03. The van der Waals surface area contributed by atoms with E-state index in [1.54, 1.807) is 19.3 Å². The topological polar surface area (TPSA) is 0 Å². The second kappa shape index (κ2) is 17.4. The normalized spacial score (nSPS) is 23.1. The quantitative estimate of drug-likeness (QED) is 0.124. The summed E-state index contributed by atoms with van der Waals surface area (Å²) in [7, 11) is 0. The van der Waals surface area contributed by atoms with Gasteiger partial charge in [-0.2, -0.15) is 0 Å². The van der Waals surface area contributed by atoms with Crippen LogP contribution < -0.4 is 0 Å². The molecule has 3 aliphatic rings. The van der Waals surface area contributed by atoms with Gasteiger partial charge in [-0.3, -0.25) is 0 Å². The summed E-state index contributed by atoms with van der Waals surface area (Å²) in [5, 5.41) is 0. The van der Waals surface area contributed by atoms with Gasteiger partial charge in [0.15, 0.2) is 0 Å². The van der Waals surface area contributed by atoms with Gasteiger partial charge in [-0.1, -0.05) is 129 Å². The van der Waals surface area contributed by atoms with Crippen LogP contribution in [-0.2, 0) is 0 Å². The molecular formula is C30H60N+. The molecule has 0 unspecified atom stereocenters. The fourth-order valence-corrected chi connectivity index (χ4v) is 6.50. The van der Waals surface area contributed by atoms with Crippen LogP contribution in [0.5, 0.6) is 0 Å². The van der Waals surface area contributed by atoms with Crippen molar-refractivity contribution in [3.8, 4) is 0 Å². The number of piperidine rings is 3. The van der Waals surface area contributed by atoms with Crippen LogP contribution in [0.25, 0.3) is 0 Å². The lowest BCUT2D eigenvalue weighted by atomic mass is 9.84. The van der Waals surface area contributed by atoms with Crippen molar-refractivity contribution in [2.45, 2.75) is 155 Å². The van der Waals surface area contributed by atoms with E-state index in [2.05, 4.69) is 13.8 Å². The minimum Gasteiger partial charge on any atom is -0.324 e. The molecule has 2 bridgehead atoms. The fraction of sp³-hybridized carbons (Fsp3) is 1.00. The summed E-state index contributed by atoms with van der Waals surface area (Å²) < 4.78 is 1.52. The van der Waals surface area contributed by atoms with Crippen molar-refractivity contribution < 1.29 is 4.48 Å². The van der Waals surface area contributed by atoms with E-state index >= 15 is 0 Å². The Morgan fingerprint density at radius 1 is 0.516 bits per heavy atom. The summed E-state index contributed by atoms with van der Waals surface area (Å²) in [6.45, 7) is 10.7. The number of nitrogens with zero attached hydrogens (tertiary/aromatic N) is 1. The summed E-state index contributed by atoms with van der Waals surface area (Å²) in [5.41, 5.74) is 0. The maximum Gasteiger partial charge on any atom is 0.0789 e. The predicted octanol–water partition coefficient (Wildman–Crippen LogP) is 9.68. The Balaban J connectivity index is 1.60. The Hall–Kier alpha value is -0.0400. The van der Waals surface area contributed by atoms with Crippen molar-refractivity contribution in [2.24, 2.45) is 11.8 Å². The van der Waals surface area contributed by atoms with Crippen LogP contribution in [0.15, 0.2) is 0 Å². The number of unbranched alkanes of at least 4 members (excludes halogenated alkanes) is 14. The van der Waals surface area contributed by atoms with E-state index in [1.807, 2.05) is 0 Å². The van der Waals surface area contributed by atoms with E-state index in [0.29, 0.717) is 0 Å². The minimum atomic E-state index is 1.03. The lowest BCUT2D eigenvalue weighted by Crippen LogP contribution is -2.58. The summed E-state index contributed by atoms with van der Waals surface area (Å²) in [6, 6.07) is 0. The third-order valence-electron chi connectivity index (χ3n) is 8.98. The van der Waals surface area contributed by atoms with Gasteiger partial charge in [-0.25, -0.2) is 0 Å². The maximum absolute atomic E-state index is 2.32. The second-order valence-corrected chi connectivity index (χ2v) is 11.6. The number of hydrogen-bond donors (Lipinski definition) is 0. The molecule has 1 heteroatoms. The molecule has 0 aliphatic carbocycles. The van der Waals surface area contributed by atoms with Gasteiger partial charge in [0, 0.05) is 0 Å². The Kier molecular flexibility index (Phi) is 15.3. The highest BCUT2D eigenvalue weighted by Crippen LogP contribution is 2.35. The third kappa shape index (κ3) is 12.1. The molecule has 0 aromatic carbocycles. The van der Waals surface area contributed by atoms with E-state index in [-0.39, 0.29) is 0 Å². The average molecular weight is 435 g/mol. The Bertz CT molecular complexity index is 361. The van der Waals surface area contributed by atoms with Gasteiger partial charge in [-0.05, 0) is 37.5 Å². The number of fused-ring (bicyclic) bond motifs is 3. The second-order valence-electron chi connectivity index (χ2n) is 11.6. The fourth-order valence-electron chi connectivity index (χ4n) is 6.50. The summed E-state index contributed by atoms with van der Waals surface area (Å²) in [6.07, 6.45) is 32.8. The molecule has 0 saturated carbocycles. The lowest BCUT2D eigenvalue weighted by molar-refractivity contribution is -0.943. The van der Waals surface area contributed by atoms with Crippen molar-refractivity contribution in [3.63, 3.8) is 0 Å². The zero-order valence-electron chi connectivity index (χ0n) is 22.0. The SMILES string of the molecule is CCCCCCCCCCC(CCCCCCCCCC)CC[N+]12CCC(CC1)CC2. The average Bonchev–Trinajstić information content (AvgIpc) is 2.81. The van der Waals surface area contributed by atoms with E-state index in [4.69, 9.17) is 0 Å². The Morgan fingerprint density at radius 3 is 1.32 bits per heavy atom. The standard InChI is InChI=1S/C30H60N/c1-3-5-7-9-11-13-15-17-19-29(20-18-16-14-12-10-8-6-4-2)21-25-31-26-22-30(23-27-31)24-28-31/h29-30H,3-28H2,1-2H3/q+1. The summed E-state index contributed by atoms with van der Waals surface area (Å²) in [5.74, 6) is 2.14. The molecule has 31 heavy (non-hydrogen) atoms. The number of rotatable bonds is 21. The largest absolute Gasteiger partial charge is 0.324 e. The van der Waals surface area contributed by atoms with Crippen molar-refractivity contribution in [1.82, 2.24) is 0 Å². The van der Waals surface area contributed by atoms with Crippen molar-refractivity contribution in [2.75, 3.05) is 26.2 Å². The van der Waals surface area contributed by atoms with Crippen molar-refractivity contribution >= 4 is 0 Å². The first kappa shape index (κ1) is 27.2. The first-order valence-electron chi connectivity index (χ1n) is 15.1. The van der Waals surface area contributed by atoms with E-state index in [0.717, 1.165) is 11.8 Å². The van der Waals surface area contributed by atoms with Crippen LogP contribution in [0, 0.1) is 11.8 Å². The molecule has 0 atom stereocenters. The molecule has 0 radical (unpaired) electrons. The van der Waals surface area contributed by atoms with Crippen LogP contribution in [0.2, 0.25) is 0 Å². The molecule has 0 N–H and O–H groups in total. The monoisotopic (exact) mass is 434 g/mol. The van der Waals surface area contributed by atoms with Crippen LogP contribution in [0.3, 0.4) is 0 Å². The van der Waals surface area contributed by atoms with Gasteiger partial charge >= 0.3 is 0 Å². The van der Waals surface area contributed by atoms with Crippen molar-refractivity contribution in [3.05, 3.63) is 0 Å². The molecule has 1 nitrogen and oxygen atoms in total. The molecule has 0 spiro atoms. The molecular weight excluding hydrogens is 374 g/mol. The van der Waals surface area contributed by atoms with Gasteiger partial charge in [-0.15, -0.1) is 0 Å². The molecule has 0 aromatic heterocycles. The molecule has 0 aromatic rings. The van der Waals surface area contributed by atoms with Crippen LogP contribution in [0.1, 0.15) is 155 Å². The van der Waals surface area contributed by atoms with Crippen LogP contribution in [0.4, 0.5) is 0 Å². The van der Waals surface area contributed by atoms with Gasteiger partial charge in [0.1, 0.15) is 0 Å². The maximum atomic E-state index is 2.32. The number of quaternary nitrogens is 1. The number of hydrogen-bond acceptors (Lipinski definition) is 0. The predicted molar refractivity (Wildman–Crippen MR) is 140 cm³/mol. The van der Waals surface area contributed by atoms with Gasteiger partial charge in [0.25, 0.3) is 0 Å². The molecule has 0 amide bonds. The Labute approximate surface area is 197 Å². The smallest absolute Gasteiger partial charge is 0.0789 e. The highest BCUT2D eigenvalue weighted by atomic mass is 15.4. The van der Waals surface area contributed by atoms with Crippen LogP contribution in [-0.4, -0.2) is 30.7 Å². The zero-order valence-corrected chi connectivity index (χ0v) is 22.0.